The minimum absolute atomic E-state index is 0.644. The summed E-state index contributed by atoms with van der Waals surface area (Å²) < 4.78 is 2.34. The third-order valence-corrected chi connectivity index (χ3v) is 5.78. The lowest BCUT2D eigenvalue weighted by Crippen LogP contribution is -2.20. The zero-order valence-corrected chi connectivity index (χ0v) is 15.9. The van der Waals surface area contributed by atoms with Crippen LogP contribution in [0.15, 0.2) is 67.3 Å². The first kappa shape index (κ1) is 16.2. The zero-order valence-electron chi connectivity index (χ0n) is 15.9. The highest BCUT2D eigenvalue weighted by Gasteiger charge is 2.31. The van der Waals surface area contributed by atoms with E-state index in [1.807, 2.05) is 6.33 Å². The van der Waals surface area contributed by atoms with E-state index in [2.05, 4.69) is 83.6 Å². The van der Waals surface area contributed by atoms with Gasteiger partial charge in [-0.3, -0.25) is 0 Å². The van der Waals surface area contributed by atoms with Crippen LogP contribution in [0.2, 0.25) is 0 Å². The van der Waals surface area contributed by atoms with Crippen LogP contribution in [0.3, 0.4) is 0 Å². The first-order valence-electron chi connectivity index (χ1n) is 9.53. The minimum atomic E-state index is 0.644. The fraction of sp³-hybridized carbons (Fsp3) is 0.261. The van der Waals surface area contributed by atoms with Gasteiger partial charge in [-0.25, -0.2) is 4.98 Å². The largest absolute Gasteiger partial charge is 0.330 e. The maximum absolute atomic E-state index is 4.79. The molecule has 136 valence electrons. The van der Waals surface area contributed by atoms with Gasteiger partial charge < -0.3 is 14.4 Å². The van der Waals surface area contributed by atoms with Crippen molar-refractivity contribution in [2.75, 3.05) is 23.9 Å². The predicted molar refractivity (Wildman–Crippen MR) is 111 cm³/mol. The van der Waals surface area contributed by atoms with E-state index in [9.17, 15) is 0 Å². The van der Waals surface area contributed by atoms with Crippen LogP contribution in [0.1, 0.15) is 30.0 Å². The van der Waals surface area contributed by atoms with Crippen molar-refractivity contribution in [3.8, 4) is 11.3 Å². The van der Waals surface area contributed by atoms with E-state index >= 15 is 0 Å². The van der Waals surface area contributed by atoms with Gasteiger partial charge in [0.15, 0.2) is 0 Å². The van der Waals surface area contributed by atoms with Crippen molar-refractivity contribution < 1.29 is 0 Å². The molecule has 1 saturated carbocycles. The van der Waals surface area contributed by atoms with E-state index in [0.717, 1.165) is 18.1 Å². The highest BCUT2D eigenvalue weighted by atomic mass is 15.4. The number of rotatable bonds is 4. The third-order valence-electron chi connectivity index (χ3n) is 5.78. The Hall–Kier alpha value is -3.01. The van der Waals surface area contributed by atoms with Gasteiger partial charge in [-0.2, -0.15) is 0 Å². The molecule has 0 N–H and O–H groups in total. The Morgan fingerprint density at radius 3 is 2.48 bits per heavy atom. The second kappa shape index (κ2) is 6.02. The van der Waals surface area contributed by atoms with Crippen LogP contribution >= 0.6 is 0 Å². The fourth-order valence-corrected chi connectivity index (χ4v) is 4.04. The Morgan fingerprint density at radius 2 is 1.74 bits per heavy atom. The molecule has 5 rings (SSSR count). The highest BCUT2D eigenvalue weighted by Crippen LogP contribution is 2.44. The van der Waals surface area contributed by atoms with Crippen molar-refractivity contribution >= 4 is 11.4 Å². The van der Waals surface area contributed by atoms with Crippen molar-refractivity contribution in [1.82, 2.24) is 9.55 Å². The van der Waals surface area contributed by atoms with Gasteiger partial charge in [0.25, 0.3) is 0 Å². The van der Waals surface area contributed by atoms with Crippen molar-refractivity contribution in [2.24, 2.45) is 0 Å². The summed E-state index contributed by atoms with van der Waals surface area (Å²) in [6, 6.07) is 17.3. The Labute approximate surface area is 160 Å². The van der Waals surface area contributed by atoms with E-state index < -0.39 is 0 Å². The molecular formula is C23H24N4. The Bertz CT molecular complexity index is 1010. The number of hydrogen-bond donors (Lipinski definition) is 0. The molecule has 4 nitrogen and oxygen atoms in total. The fourth-order valence-electron chi connectivity index (χ4n) is 4.04. The molecule has 2 aliphatic rings. The summed E-state index contributed by atoms with van der Waals surface area (Å²) in [6.45, 7) is 5.01. The molecule has 1 aliphatic carbocycles. The lowest BCUT2D eigenvalue weighted by Gasteiger charge is -2.15. The molecule has 1 aromatic heterocycles. The molecule has 2 heterocycles. The lowest BCUT2D eigenvalue weighted by molar-refractivity contribution is 0.743. The van der Waals surface area contributed by atoms with Gasteiger partial charge in [0, 0.05) is 37.8 Å². The molecule has 1 fully saturated rings. The van der Waals surface area contributed by atoms with Crippen LogP contribution in [0.5, 0.6) is 0 Å². The number of fused-ring (bicyclic) bond motifs is 1. The standard InChI is InChI=1S/C23H24N4/c1-16-25(2)20-12-9-17(13-21(20)26(16)3)14-27-15-24-22(23(27)19-10-11-19)18-7-5-4-6-8-18/h4-9,12-13,15,19H,1,10-11,14H2,2-3H3. The topological polar surface area (TPSA) is 24.3 Å². The maximum atomic E-state index is 4.79. The van der Waals surface area contributed by atoms with Crippen LogP contribution in [-0.4, -0.2) is 23.6 Å². The van der Waals surface area contributed by atoms with Gasteiger partial charge in [0.1, 0.15) is 5.82 Å². The van der Waals surface area contributed by atoms with Crippen LogP contribution < -0.4 is 9.80 Å². The molecule has 27 heavy (non-hydrogen) atoms. The summed E-state index contributed by atoms with van der Waals surface area (Å²) in [4.78, 5) is 9.08. The SMILES string of the molecule is C=C1N(C)c2ccc(Cn3cnc(-c4ccccc4)c3C3CC3)cc2N1C. The quantitative estimate of drug-likeness (QED) is 0.669. The van der Waals surface area contributed by atoms with Crippen molar-refractivity contribution in [2.45, 2.75) is 25.3 Å². The molecule has 0 radical (unpaired) electrons. The summed E-state index contributed by atoms with van der Waals surface area (Å²) in [5.41, 5.74) is 7.47. The van der Waals surface area contributed by atoms with E-state index in [1.54, 1.807) is 0 Å². The van der Waals surface area contributed by atoms with Gasteiger partial charge in [-0.05, 0) is 30.5 Å². The molecule has 1 aliphatic heterocycles. The van der Waals surface area contributed by atoms with Crippen molar-refractivity contribution in [3.05, 3.63) is 78.5 Å². The molecule has 2 aromatic carbocycles. The van der Waals surface area contributed by atoms with Crippen LogP contribution in [0.4, 0.5) is 11.4 Å². The molecule has 0 amide bonds. The summed E-state index contributed by atoms with van der Waals surface area (Å²) >= 11 is 0. The molecule has 0 unspecified atom stereocenters. The summed E-state index contributed by atoms with van der Waals surface area (Å²) in [6.07, 6.45) is 4.55. The van der Waals surface area contributed by atoms with E-state index in [4.69, 9.17) is 4.98 Å². The number of aromatic nitrogens is 2. The zero-order chi connectivity index (χ0) is 18.5. The predicted octanol–water partition coefficient (Wildman–Crippen LogP) is 4.83. The Kier molecular flexibility index (Phi) is 3.61. The van der Waals surface area contributed by atoms with Gasteiger partial charge in [-0.1, -0.05) is 43.0 Å². The van der Waals surface area contributed by atoms with Crippen molar-refractivity contribution in [1.29, 1.82) is 0 Å². The smallest absolute Gasteiger partial charge is 0.105 e. The lowest BCUT2D eigenvalue weighted by atomic mass is 10.1. The second-order valence-corrected chi connectivity index (χ2v) is 7.60. The number of nitrogens with zero attached hydrogens (tertiary/aromatic N) is 4. The molecule has 3 aromatic rings. The monoisotopic (exact) mass is 356 g/mol. The first-order valence-corrected chi connectivity index (χ1v) is 9.53. The van der Waals surface area contributed by atoms with Gasteiger partial charge in [-0.15, -0.1) is 0 Å². The molecule has 0 saturated heterocycles. The van der Waals surface area contributed by atoms with E-state index in [0.29, 0.717) is 5.92 Å². The van der Waals surface area contributed by atoms with E-state index in [1.165, 1.54) is 41.0 Å². The van der Waals surface area contributed by atoms with Gasteiger partial charge in [0.2, 0.25) is 0 Å². The summed E-state index contributed by atoms with van der Waals surface area (Å²) in [7, 11) is 4.15. The number of benzene rings is 2. The van der Waals surface area contributed by atoms with Crippen LogP contribution in [-0.2, 0) is 6.54 Å². The van der Waals surface area contributed by atoms with Gasteiger partial charge >= 0.3 is 0 Å². The molecule has 0 spiro atoms. The first-order chi connectivity index (χ1) is 13.1. The van der Waals surface area contributed by atoms with Crippen molar-refractivity contribution in [3.63, 3.8) is 0 Å². The molecule has 0 bridgehead atoms. The average Bonchev–Trinajstić information content (AvgIpc) is 3.42. The number of anilines is 2. The maximum Gasteiger partial charge on any atom is 0.105 e. The second-order valence-electron chi connectivity index (χ2n) is 7.60. The highest BCUT2D eigenvalue weighted by molar-refractivity contribution is 5.82. The molecule has 0 atom stereocenters. The van der Waals surface area contributed by atoms with E-state index in [-0.39, 0.29) is 0 Å². The Balaban J connectivity index is 1.51. The average molecular weight is 356 g/mol. The normalized spacial score (nSPS) is 16.1. The Morgan fingerprint density at radius 1 is 1.00 bits per heavy atom. The third kappa shape index (κ3) is 2.64. The molecule has 4 heteroatoms. The summed E-state index contributed by atoms with van der Waals surface area (Å²) in [5, 5.41) is 0. The van der Waals surface area contributed by atoms with Crippen LogP contribution in [0.25, 0.3) is 11.3 Å². The molecular weight excluding hydrogens is 332 g/mol. The number of hydrogen-bond acceptors (Lipinski definition) is 3. The van der Waals surface area contributed by atoms with Crippen LogP contribution in [0, 0.1) is 0 Å². The summed E-state index contributed by atoms with van der Waals surface area (Å²) in [5.74, 6) is 1.65. The minimum Gasteiger partial charge on any atom is -0.330 e. The number of imidazole rings is 1. The van der Waals surface area contributed by atoms with Gasteiger partial charge in [0.05, 0.1) is 23.4 Å².